The molecule has 0 bridgehead atoms. The zero-order chi connectivity index (χ0) is 22.8. The second-order valence-electron chi connectivity index (χ2n) is 6.11. The normalized spacial score (nSPS) is 11.9. The third kappa shape index (κ3) is 5.24. The predicted molar refractivity (Wildman–Crippen MR) is 96.7 cm³/mol. The fraction of sp³-hybridized carbons (Fsp3) is 0.167. The average molecular weight is 445 g/mol. The number of para-hydroxylation sites is 2. The second-order valence-corrected chi connectivity index (χ2v) is 6.11. The number of anilines is 2. The van der Waals surface area contributed by atoms with E-state index in [1.54, 1.807) is 0 Å². The first-order valence-corrected chi connectivity index (χ1v) is 8.43. The van der Waals surface area contributed by atoms with Crippen molar-refractivity contribution in [1.29, 1.82) is 0 Å². The topological polar surface area (TPSA) is 95.1 Å². The molecule has 2 aromatic heterocycles. The van der Waals surface area contributed by atoms with Gasteiger partial charge in [0.1, 0.15) is 28.6 Å². The quantitative estimate of drug-likeness (QED) is 0.578. The molecule has 0 atom stereocenters. The van der Waals surface area contributed by atoms with Crippen LogP contribution in [0.15, 0.2) is 48.8 Å². The highest BCUT2D eigenvalue weighted by molar-refractivity contribution is 6.06. The molecule has 0 aliphatic carbocycles. The standard InChI is InChI=1S/C18H13F6N5O2/c19-17(20,21)9-31-13-4-2-1-3-12(13)29-15(25)11(8-27-29)16(30)28-14-6-5-10(7-26-14)18(22,23)24/h1-8H,9,25H2,(H,26,28,30). The van der Waals surface area contributed by atoms with Crippen LogP contribution in [0.5, 0.6) is 5.75 Å². The Kier molecular flexibility index (Phi) is 5.77. The van der Waals surface area contributed by atoms with Crippen molar-refractivity contribution < 1.29 is 35.9 Å². The minimum Gasteiger partial charge on any atom is -0.482 e. The number of nitrogen functional groups attached to an aromatic ring is 1. The molecular formula is C18H13F6N5O2. The largest absolute Gasteiger partial charge is 0.482 e. The molecule has 7 nitrogen and oxygen atoms in total. The average Bonchev–Trinajstić information content (AvgIpc) is 3.07. The number of halogens is 6. The number of nitrogens with zero attached hydrogens (tertiary/aromatic N) is 3. The van der Waals surface area contributed by atoms with Crippen LogP contribution in [0, 0.1) is 0 Å². The summed E-state index contributed by atoms with van der Waals surface area (Å²) in [5, 5.41) is 6.17. The van der Waals surface area contributed by atoms with Crippen molar-refractivity contribution in [3.63, 3.8) is 0 Å². The number of ether oxygens (including phenoxy) is 1. The molecule has 0 aliphatic heterocycles. The van der Waals surface area contributed by atoms with Gasteiger partial charge in [-0.25, -0.2) is 9.67 Å². The highest BCUT2D eigenvalue weighted by atomic mass is 19.4. The van der Waals surface area contributed by atoms with Crippen LogP contribution in [0.4, 0.5) is 38.0 Å². The van der Waals surface area contributed by atoms with E-state index in [4.69, 9.17) is 10.5 Å². The number of amides is 1. The summed E-state index contributed by atoms with van der Waals surface area (Å²) >= 11 is 0. The molecular weight excluding hydrogens is 432 g/mol. The van der Waals surface area contributed by atoms with Crippen LogP contribution < -0.4 is 15.8 Å². The Morgan fingerprint density at radius 1 is 1.06 bits per heavy atom. The zero-order valence-electron chi connectivity index (χ0n) is 15.3. The molecule has 13 heteroatoms. The maximum atomic E-state index is 12.6. The smallest absolute Gasteiger partial charge is 0.422 e. The number of rotatable bonds is 5. The van der Waals surface area contributed by atoms with E-state index in [1.165, 1.54) is 24.3 Å². The summed E-state index contributed by atoms with van der Waals surface area (Å²) in [6, 6.07) is 7.30. The first kappa shape index (κ1) is 21.9. The minimum atomic E-state index is -4.58. The van der Waals surface area contributed by atoms with Crippen molar-refractivity contribution in [3.8, 4) is 11.4 Å². The molecule has 3 N–H and O–H groups in total. The second kappa shape index (κ2) is 8.16. The molecule has 0 saturated carbocycles. The fourth-order valence-electron chi connectivity index (χ4n) is 2.46. The minimum absolute atomic E-state index is 0.0518. The van der Waals surface area contributed by atoms with Gasteiger partial charge in [-0.3, -0.25) is 4.79 Å². The van der Waals surface area contributed by atoms with Crippen LogP contribution >= 0.6 is 0 Å². The Balaban J connectivity index is 1.81. The van der Waals surface area contributed by atoms with Gasteiger partial charge in [0.2, 0.25) is 0 Å². The van der Waals surface area contributed by atoms with Crippen LogP contribution in [0.1, 0.15) is 15.9 Å². The van der Waals surface area contributed by atoms with Gasteiger partial charge in [0.15, 0.2) is 6.61 Å². The van der Waals surface area contributed by atoms with Gasteiger partial charge in [0.25, 0.3) is 5.91 Å². The number of carbonyl (C=O) groups excluding carboxylic acids is 1. The van der Waals surface area contributed by atoms with E-state index in [0.29, 0.717) is 6.20 Å². The number of hydrogen-bond acceptors (Lipinski definition) is 5. The summed E-state index contributed by atoms with van der Waals surface area (Å²) in [6.45, 7) is -1.54. The lowest BCUT2D eigenvalue weighted by atomic mass is 10.2. The van der Waals surface area contributed by atoms with Gasteiger partial charge < -0.3 is 15.8 Å². The SMILES string of the molecule is Nc1c(C(=O)Nc2ccc(C(F)(F)F)cn2)cnn1-c1ccccc1OCC(F)(F)F. The zero-order valence-corrected chi connectivity index (χ0v) is 15.3. The van der Waals surface area contributed by atoms with Gasteiger partial charge >= 0.3 is 12.4 Å². The number of pyridine rings is 1. The van der Waals surface area contributed by atoms with E-state index in [0.717, 1.165) is 23.0 Å². The Bertz CT molecular complexity index is 1080. The van der Waals surface area contributed by atoms with Gasteiger partial charge in [0.05, 0.1) is 11.8 Å². The molecule has 31 heavy (non-hydrogen) atoms. The van der Waals surface area contributed by atoms with Gasteiger partial charge in [-0.1, -0.05) is 12.1 Å². The van der Waals surface area contributed by atoms with E-state index in [-0.39, 0.29) is 28.6 Å². The predicted octanol–water partition coefficient (Wildman–Crippen LogP) is 4.06. The maximum absolute atomic E-state index is 12.6. The third-order valence-corrected chi connectivity index (χ3v) is 3.87. The molecule has 1 amide bonds. The fourth-order valence-corrected chi connectivity index (χ4v) is 2.46. The number of alkyl halides is 6. The molecule has 1 aromatic carbocycles. The van der Waals surface area contributed by atoms with Crippen LogP contribution in [0.3, 0.4) is 0 Å². The number of benzene rings is 1. The first-order chi connectivity index (χ1) is 14.5. The molecule has 0 unspecified atom stereocenters. The Labute approximate surface area is 170 Å². The molecule has 164 valence electrons. The lowest BCUT2D eigenvalue weighted by Gasteiger charge is -2.14. The summed E-state index contributed by atoms with van der Waals surface area (Å²) in [5.74, 6) is -1.40. The van der Waals surface area contributed by atoms with Crippen molar-refractivity contribution in [2.45, 2.75) is 12.4 Å². The summed E-state index contributed by atoms with van der Waals surface area (Å²) in [6.07, 6.45) is -7.54. The lowest BCUT2D eigenvalue weighted by Crippen LogP contribution is -2.20. The summed E-state index contributed by atoms with van der Waals surface area (Å²) in [5.41, 5.74) is 4.80. The molecule has 0 saturated heterocycles. The van der Waals surface area contributed by atoms with Crippen LogP contribution in [0.2, 0.25) is 0 Å². The van der Waals surface area contributed by atoms with Gasteiger partial charge in [-0.2, -0.15) is 31.4 Å². The Morgan fingerprint density at radius 2 is 1.77 bits per heavy atom. The van der Waals surface area contributed by atoms with E-state index in [2.05, 4.69) is 15.4 Å². The van der Waals surface area contributed by atoms with Crippen molar-refractivity contribution in [2.75, 3.05) is 17.7 Å². The van der Waals surface area contributed by atoms with Crippen LogP contribution in [0.25, 0.3) is 5.69 Å². The summed E-state index contributed by atoms with van der Waals surface area (Å²) in [7, 11) is 0. The Hall–Kier alpha value is -3.77. The molecule has 0 radical (unpaired) electrons. The van der Waals surface area contributed by atoms with Crippen LogP contribution in [-0.4, -0.2) is 33.5 Å². The van der Waals surface area contributed by atoms with E-state index < -0.39 is 30.4 Å². The van der Waals surface area contributed by atoms with Gasteiger partial charge in [0, 0.05) is 6.20 Å². The van der Waals surface area contributed by atoms with E-state index >= 15 is 0 Å². The van der Waals surface area contributed by atoms with Crippen molar-refractivity contribution in [2.24, 2.45) is 0 Å². The van der Waals surface area contributed by atoms with Crippen molar-refractivity contribution in [3.05, 3.63) is 59.9 Å². The molecule has 3 rings (SSSR count). The molecule has 0 spiro atoms. The molecule has 3 aromatic rings. The number of nitrogens with one attached hydrogen (secondary N) is 1. The van der Waals surface area contributed by atoms with Crippen LogP contribution in [-0.2, 0) is 6.18 Å². The van der Waals surface area contributed by atoms with Gasteiger partial charge in [-0.15, -0.1) is 0 Å². The lowest BCUT2D eigenvalue weighted by molar-refractivity contribution is -0.153. The Morgan fingerprint density at radius 3 is 2.39 bits per heavy atom. The van der Waals surface area contributed by atoms with Gasteiger partial charge in [-0.05, 0) is 24.3 Å². The van der Waals surface area contributed by atoms with E-state index in [1.807, 2.05) is 0 Å². The van der Waals surface area contributed by atoms with Crippen molar-refractivity contribution >= 4 is 17.5 Å². The number of aromatic nitrogens is 3. The molecule has 2 heterocycles. The summed E-state index contributed by atoms with van der Waals surface area (Å²) in [4.78, 5) is 15.9. The molecule has 0 fully saturated rings. The number of hydrogen-bond donors (Lipinski definition) is 2. The first-order valence-electron chi connectivity index (χ1n) is 8.43. The number of carbonyl (C=O) groups is 1. The van der Waals surface area contributed by atoms with E-state index in [9.17, 15) is 31.1 Å². The summed E-state index contributed by atoms with van der Waals surface area (Å²) < 4.78 is 80.9. The highest BCUT2D eigenvalue weighted by Crippen LogP contribution is 2.30. The monoisotopic (exact) mass is 445 g/mol. The highest BCUT2D eigenvalue weighted by Gasteiger charge is 2.31. The maximum Gasteiger partial charge on any atom is 0.422 e. The third-order valence-electron chi connectivity index (χ3n) is 3.87. The number of nitrogens with two attached hydrogens (primary N) is 1. The molecule has 0 aliphatic rings. The van der Waals surface area contributed by atoms with Crippen molar-refractivity contribution in [1.82, 2.24) is 14.8 Å².